The molecule has 0 radical (unpaired) electrons. The fourth-order valence-corrected chi connectivity index (χ4v) is 1.92. The number of methoxy groups -OCH3 is 1. The molecule has 0 saturated heterocycles. The van der Waals surface area contributed by atoms with Crippen LogP contribution in [0.3, 0.4) is 0 Å². The van der Waals surface area contributed by atoms with Crippen molar-refractivity contribution in [2.75, 3.05) is 7.11 Å². The number of carbonyl (C=O) groups excluding carboxylic acids is 1. The summed E-state index contributed by atoms with van der Waals surface area (Å²) in [5.41, 5.74) is 1.22. The molecule has 20 heavy (non-hydrogen) atoms. The van der Waals surface area contributed by atoms with E-state index in [0.717, 1.165) is 18.4 Å². The lowest BCUT2D eigenvalue weighted by atomic mass is 10.1. The van der Waals surface area contributed by atoms with E-state index < -0.39 is 12.0 Å². The molecule has 1 rings (SSSR count). The fourth-order valence-electron chi connectivity index (χ4n) is 1.92. The number of aliphatic carboxylic acids is 1. The molecule has 1 amide bonds. The van der Waals surface area contributed by atoms with E-state index in [9.17, 15) is 9.59 Å². The van der Waals surface area contributed by atoms with Crippen LogP contribution in [-0.2, 0) is 4.79 Å². The van der Waals surface area contributed by atoms with Crippen LogP contribution in [-0.4, -0.2) is 30.1 Å². The quantitative estimate of drug-likeness (QED) is 0.803. The molecule has 1 unspecified atom stereocenters. The highest BCUT2D eigenvalue weighted by Gasteiger charge is 2.20. The smallest absolute Gasteiger partial charge is 0.326 e. The molecule has 5 nitrogen and oxygen atoms in total. The number of hydrogen-bond donors (Lipinski definition) is 2. The molecule has 0 fully saturated rings. The lowest BCUT2D eigenvalue weighted by molar-refractivity contribution is -0.139. The number of unbranched alkanes of at least 4 members (excludes halogenated alkanes) is 1. The van der Waals surface area contributed by atoms with Gasteiger partial charge in [0.15, 0.2) is 0 Å². The van der Waals surface area contributed by atoms with Gasteiger partial charge in [0.05, 0.1) is 7.11 Å². The number of carbonyl (C=O) groups is 2. The Hall–Kier alpha value is -2.04. The third kappa shape index (κ3) is 4.26. The van der Waals surface area contributed by atoms with Gasteiger partial charge in [0.2, 0.25) is 0 Å². The number of hydrogen-bond acceptors (Lipinski definition) is 3. The van der Waals surface area contributed by atoms with Crippen LogP contribution in [0.1, 0.15) is 42.1 Å². The van der Waals surface area contributed by atoms with Crippen molar-refractivity contribution in [3.8, 4) is 5.75 Å². The van der Waals surface area contributed by atoms with Crippen molar-refractivity contribution in [2.24, 2.45) is 0 Å². The van der Waals surface area contributed by atoms with Crippen molar-refractivity contribution < 1.29 is 19.4 Å². The first-order chi connectivity index (χ1) is 9.49. The van der Waals surface area contributed by atoms with Gasteiger partial charge in [-0.2, -0.15) is 0 Å². The highest BCUT2D eigenvalue weighted by molar-refractivity contribution is 5.97. The maximum Gasteiger partial charge on any atom is 0.326 e. The van der Waals surface area contributed by atoms with E-state index in [1.165, 1.54) is 0 Å². The van der Waals surface area contributed by atoms with Crippen molar-refractivity contribution in [2.45, 2.75) is 39.2 Å². The zero-order valence-corrected chi connectivity index (χ0v) is 12.1. The van der Waals surface area contributed by atoms with Gasteiger partial charge in [-0.05, 0) is 37.1 Å². The largest absolute Gasteiger partial charge is 0.497 e. The van der Waals surface area contributed by atoms with Gasteiger partial charge in [-0.1, -0.05) is 19.8 Å². The Morgan fingerprint density at radius 3 is 2.60 bits per heavy atom. The van der Waals surface area contributed by atoms with E-state index >= 15 is 0 Å². The predicted octanol–water partition coefficient (Wildman–Crippen LogP) is 2.38. The summed E-state index contributed by atoms with van der Waals surface area (Å²) in [6, 6.07) is 4.23. The van der Waals surface area contributed by atoms with Gasteiger partial charge in [0.1, 0.15) is 11.8 Å². The second kappa shape index (κ2) is 7.53. The molecule has 1 atom stereocenters. The number of carboxylic acid groups (broad SMARTS) is 1. The summed E-state index contributed by atoms with van der Waals surface area (Å²) < 4.78 is 5.08. The number of nitrogens with one attached hydrogen (secondary N) is 1. The van der Waals surface area contributed by atoms with Gasteiger partial charge in [-0.15, -0.1) is 0 Å². The Morgan fingerprint density at radius 2 is 2.10 bits per heavy atom. The van der Waals surface area contributed by atoms with Crippen molar-refractivity contribution in [3.05, 3.63) is 29.3 Å². The summed E-state index contributed by atoms with van der Waals surface area (Å²) in [5.74, 6) is -0.702. The van der Waals surface area contributed by atoms with Crippen molar-refractivity contribution in [1.82, 2.24) is 5.32 Å². The number of aryl methyl sites for hydroxylation is 1. The van der Waals surface area contributed by atoms with E-state index in [2.05, 4.69) is 5.32 Å². The van der Waals surface area contributed by atoms with Crippen LogP contribution in [0, 0.1) is 6.92 Å². The van der Waals surface area contributed by atoms with Gasteiger partial charge in [0.25, 0.3) is 5.91 Å². The summed E-state index contributed by atoms with van der Waals surface area (Å²) in [5, 5.41) is 11.7. The molecule has 0 aliphatic heterocycles. The Bertz CT molecular complexity index is 485. The zero-order chi connectivity index (χ0) is 15.1. The molecule has 5 heteroatoms. The van der Waals surface area contributed by atoms with E-state index in [0.29, 0.717) is 17.7 Å². The number of amides is 1. The molecule has 1 aromatic carbocycles. The average molecular weight is 279 g/mol. The van der Waals surface area contributed by atoms with E-state index in [1.807, 2.05) is 6.92 Å². The molecule has 0 spiro atoms. The van der Waals surface area contributed by atoms with E-state index in [4.69, 9.17) is 9.84 Å². The monoisotopic (exact) mass is 279 g/mol. The van der Waals surface area contributed by atoms with Crippen molar-refractivity contribution in [3.63, 3.8) is 0 Å². The zero-order valence-electron chi connectivity index (χ0n) is 12.1. The summed E-state index contributed by atoms with van der Waals surface area (Å²) in [6.45, 7) is 3.77. The minimum absolute atomic E-state index is 0.367. The maximum atomic E-state index is 12.1. The van der Waals surface area contributed by atoms with Crippen LogP contribution in [0.2, 0.25) is 0 Å². The third-order valence-electron chi connectivity index (χ3n) is 3.13. The fraction of sp³-hybridized carbons (Fsp3) is 0.467. The average Bonchev–Trinajstić information content (AvgIpc) is 2.42. The number of carboxylic acids is 1. The summed E-state index contributed by atoms with van der Waals surface area (Å²) in [7, 11) is 1.56. The van der Waals surface area contributed by atoms with Gasteiger partial charge in [-0.25, -0.2) is 4.79 Å². The number of rotatable bonds is 7. The Labute approximate surface area is 118 Å². The Morgan fingerprint density at radius 1 is 1.40 bits per heavy atom. The summed E-state index contributed by atoms with van der Waals surface area (Å²) >= 11 is 0. The second-order valence-electron chi connectivity index (χ2n) is 4.69. The van der Waals surface area contributed by atoms with Crippen LogP contribution in [0.5, 0.6) is 5.75 Å². The van der Waals surface area contributed by atoms with Crippen molar-refractivity contribution >= 4 is 11.9 Å². The standard InChI is InChI=1S/C15H21NO4/c1-4-5-6-13(15(18)19)16-14(17)12-8-7-11(20-3)9-10(12)2/h7-9,13H,4-6H2,1-3H3,(H,16,17)(H,18,19). The highest BCUT2D eigenvalue weighted by atomic mass is 16.5. The Kier molecular flexibility index (Phi) is 6.03. The third-order valence-corrected chi connectivity index (χ3v) is 3.13. The normalized spacial score (nSPS) is 11.8. The SMILES string of the molecule is CCCCC(NC(=O)c1ccc(OC)cc1C)C(=O)O. The van der Waals surface area contributed by atoms with E-state index in [-0.39, 0.29) is 5.91 Å². The number of ether oxygens (including phenoxy) is 1. The molecule has 0 aliphatic rings. The maximum absolute atomic E-state index is 12.1. The summed E-state index contributed by atoms with van der Waals surface area (Å²) in [4.78, 5) is 23.3. The van der Waals surface area contributed by atoms with Gasteiger partial charge in [-0.3, -0.25) is 4.79 Å². The first-order valence-corrected chi connectivity index (χ1v) is 6.67. The summed E-state index contributed by atoms with van der Waals surface area (Å²) in [6.07, 6.45) is 2.09. The molecule has 0 saturated carbocycles. The minimum atomic E-state index is -1.00. The second-order valence-corrected chi connectivity index (χ2v) is 4.69. The van der Waals surface area contributed by atoms with Crippen LogP contribution in [0.4, 0.5) is 0 Å². The topological polar surface area (TPSA) is 75.6 Å². The predicted molar refractivity (Wildman–Crippen MR) is 76.1 cm³/mol. The van der Waals surface area contributed by atoms with E-state index in [1.54, 1.807) is 32.2 Å². The van der Waals surface area contributed by atoms with Gasteiger partial charge >= 0.3 is 5.97 Å². The molecule has 1 aromatic rings. The lowest BCUT2D eigenvalue weighted by Gasteiger charge is -2.15. The van der Waals surface area contributed by atoms with Crippen LogP contribution >= 0.6 is 0 Å². The van der Waals surface area contributed by atoms with Crippen LogP contribution in [0.15, 0.2) is 18.2 Å². The first kappa shape index (κ1) is 16.0. The molecule has 2 N–H and O–H groups in total. The highest BCUT2D eigenvalue weighted by Crippen LogP contribution is 2.17. The molecule has 0 heterocycles. The van der Waals surface area contributed by atoms with Gasteiger partial charge in [0, 0.05) is 5.56 Å². The van der Waals surface area contributed by atoms with Crippen LogP contribution in [0.25, 0.3) is 0 Å². The molecule has 110 valence electrons. The molecule has 0 aliphatic carbocycles. The molecule has 0 aromatic heterocycles. The first-order valence-electron chi connectivity index (χ1n) is 6.67. The van der Waals surface area contributed by atoms with Crippen LogP contribution < -0.4 is 10.1 Å². The number of benzene rings is 1. The molecular weight excluding hydrogens is 258 g/mol. The lowest BCUT2D eigenvalue weighted by Crippen LogP contribution is -2.40. The van der Waals surface area contributed by atoms with Gasteiger partial charge < -0.3 is 15.2 Å². The molecular formula is C15H21NO4. The molecule has 0 bridgehead atoms. The Balaban J connectivity index is 2.80. The minimum Gasteiger partial charge on any atom is -0.497 e. The van der Waals surface area contributed by atoms with Crippen molar-refractivity contribution in [1.29, 1.82) is 0 Å².